The summed E-state index contributed by atoms with van der Waals surface area (Å²) in [7, 11) is 10.9. The number of halogens is 8. The van der Waals surface area contributed by atoms with Crippen LogP contribution in [0.25, 0.3) is 144 Å². The lowest BCUT2D eigenvalue weighted by Crippen LogP contribution is -2.20. The predicted molar refractivity (Wildman–Crippen MR) is 572 cm³/mol. The van der Waals surface area contributed by atoms with Crippen LogP contribution in [0.15, 0.2) is 161 Å². The van der Waals surface area contributed by atoms with E-state index in [0.717, 1.165) is 183 Å². The summed E-state index contributed by atoms with van der Waals surface area (Å²) in [5.74, 6) is 4.55. The molecule has 0 saturated carbocycles. The molecule has 0 atom stereocenters. The molecular formula is C96H96Cl6I2N29O9P. The molecular weight excluding hydrogens is 2200 g/mol. The number of aliphatic hydroxyl groups is 2. The third kappa shape index (κ3) is 20.6. The van der Waals surface area contributed by atoms with Gasteiger partial charge in [0.15, 0.2) is 0 Å². The first-order valence-corrected chi connectivity index (χ1v) is 49.3. The van der Waals surface area contributed by atoms with Crippen LogP contribution in [0, 0.1) is 76.4 Å². The molecule has 18 heterocycles. The summed E-state index contributed by atoms with van der Waals surface area (Å²) in [6, 6.07) is 32.3. The molecule has 143 heavy (non-hydrogen) atoms. The van der Waals surface area contributed by atoms with E-state index in [1.165, 1.54) is 53.9 Å². The number of nitrogens with zero attached hydrogens (tertiary/aromatic N) is 27. The summed E-state index contributed by atoms with van der Waals surface area (Å²) in [6.07, 6.45) is 10.3. The van der Waals surface area contributed by atoms with Crippen LogP contribution in [-0.2, 0) is 81.4 Å². The molecule has 740 valence electrons. The summed E-state index contributed by atoms with van der Waals surface area (Å²) in [4.78, 5) is 52.9. The highest BCUT2D eigenvalue weighted by Crippen LogP contribution is 2.46. The minimum atomic E-state index is -0.446. The molecule has 9 N–H and O–H groups in total. The molecule has 0 amide bonds. The molecule has 47 heteroatoms. The summed E-state index contributed by atoms with van der Waals surface area (Å²) in [5.41, 5.74) is 37.2. The van der Waals surface area contributed by atoms with Crippen LogP contribution in [0.1, 0.15) is 105 Å². The Hall–Kier alpha value is -12.6. The van der Waals surface area contributed by atoms with Crippen molar-refractivity contribution < 1.29 is 42.8 Å². The van der Waals surface area contributed by atoms with Gasteiger partial charge in [0.05, 0.1) is 70.6 Å². The molecule has 0 saturated heterocycles. The van der Waals surface area contributed by atoms with Gasteiger partial charge in [-0.3, -0.25) is 0 Å². The van der Waals surface area contributed by atoms with Gasteiger partial charge in [-0.1, -0.05) is 211 Å². The molecule has 0 aliphatic heterocycles. The van der Waals surface area contributed by atoms with E-state index in [-0.39, 0.29) is 31.4 Å². The fraction of sp³-hybridized carbons (Fsp3) is 0.250. The van der Waals surface area contributed by atoms with Crippen LogP contribution in [0.4, 0.5) is 0 Å². The zero-order valence-electron chi connectivity index (χ0n) is 80.5. The van der Waals surface area contributed by atoms with E-state index in [1.807, 2.05) is 130 Å². The van der Waals surface area contributed by atoms with Crippen molar-refractivity contribution >= 4 is 205 Å². The molecule has 0 aliphatic carbocycles. The number of aliphatic hydroxyl groups excluding tert-OH is 2. The first-order valence-electron chi connectivity index (χ1n) is 43.5. The molecule has 0 spiro atoms. The van der Waals surface area contributed by atoms with Gasteiger partial charge in [-0.25, -0.2) is 59.8 Å². The smallest absolute Gasteiger partial charge is 0.147 e. The van der Waals surface area contributed by atoms with E-state index < -0.39 is 7.92 Å². The number of benzene rings is 3. The Balaban J connectivity index is 0.000000140. The molecule has 0 unspecified atom stereocenters. The minimum Gasteiger partial charge on any atom is -0.412 e. The normalized spacial score (nSPS) is 11.1. The van der Waals surface area contributed by atoms with Crippen molar-refractivity contribution in [1.82, 2.24) is 124 Å². The summed E-state index contributed by atoms with van der Waals surface area (Å²) < 4.78 is 44.8. The van der Waals surface area contributed by atoms with E-state index >= 15 is 0 Å². The second-order valence-electron chi connectivity index (χ2n) is 32.1. The average molecular weight is 2300 g/mol. The molecule has 0 bridgehead atoms. The van der Waals surface area contributed by atoms with Crippen molar-refractivity contribution in [2.24, 2.45) is 53.1 Å². The fourth-order valence-electron chi connectivity index (χ4n) is 16.7. The number of nitrogens with two attached hydrogens (primary N) is 1. The average Bonchev–Trinajstić information content (AvgIpc) is 1.63. The monoisotopic (exact) mass is 2290 g/mol. The second kappa shape index (κ2) is 46.4. The molecule has 3 aromatic carbocycles. The number of hydrogen-bond acceptors (Lipinski definition) is 29. The lowest BCUT2D eigenvalue weighted by atomic mass is 10.0. The number of azide groups is 1. The Morgan fingerprint density at radius 3 is 0.790 bits per heavy atom. The van der Waals surface area contributed by atoms with E-state index in [9.17, 15) is 10.2 Å². The number of rotatable bonds is 16. The Bertz CT molecular complexity index is 7380. The van der Waals surface area contributed by atoms with Crippen LogP contribution in [0.5, 0.6) is 0 Å². The fourth-order valence-corrected chi connectivity index (χ4v) is 21.2. The number of hydrogen-bond donors (Lipinski definition) is 4. The van der Waals surface area contributed by atoms with Gasteiger partial charge in [0.1, 0.15) is 171 Å². The number of fused-ring (bicyclic) bond motifs is 6. The predicted octanol–water partition coefficient (Wildman–Crippen LogP) is 21.1. The van der Waals surface area contributed by atoms with E-state index in [0.29, 0.717) is 99.0 Å². The molecule has 18 aromatic heterocycles. The first-order chi connectivity index (χ1) is 67.8. The van der Waals surface area contributed by atoms with Gasteiger partial charge in [-0.15, -0.1) is 0 Å². The lowest BCUT2D eigenvalue weighted by Gasteiger charge is -2.18. The number of aromatic nitrogens is 24. The van der Waals surface area contributed by atoms with Gasteiger partial charge in [0.25, 0.3) is 0 Å². The van der Waals surface area contributed by atoms with Gasteiger partial charge < -0.3 is 82.1 Å². The zero-order valence-corrected chi connectivity index (χ0v) is 90.3. The third-order valence-corrected chi connectivity index (χ3v) is 31.1. The molecule has 21 aromatic rings. The van der Waals surface area contributed by atoms with Gasteiger partial charge in [-0.2, -0.15) is 0 Å². The lowest BCUT2D eigenvalue weighted by molar-refractivity contribution is 0.273. The molecule has 0 radical (unpaired) electrons. The van der Waals surface area contributed by atoms with Crippen LogP contribution < -0.4 is 27.8 Å². The van der Waals surface area contributed by atoms with Gasteiger partial charge >= 0.3 is 0 Å². The topological polar surface area (TPSA) is 522 Å². The maximum atomic E-state index is 9.68. The van der Waals surface area contributed by atoms with Gasteiger partial charge in [-0.05, 0) is 157 Å². The van der Waals surface area contributed by atoms with E-state index in [4.69, 9.17) is 108 Å². The minimum absolute atomic E-state index is 0. The summed E-state index contributed by atoms with van der Waals surface area (Å²) >= 11 is 41.9. The van der Waals surface area contributed by atoms with Crippen LogP contribution in [0.2, 0.25) is 30.9 Å². The zero-order chi connectivity index (χ0) is 101. The van der Waals surface area contributed by atoms with Crippen LogP contribution in [-0.4, -0.2) is 134 Å². The first kappa shape index (κ1) is 108. The van der Waals surface area contributed by atoms with Crippen molar-refractivity contribution in [2.75, 3.05) is 0 Å². The van der Waals surface area contributed by atoms with Gasteiger partial charge in [0.2, 0.25) is 0 Å². The Morgan fingerprint density at radius 2 is 0.559 bits per heavy atom. The molecule has 0 fully saturated rings. The quantitative estimate of drug-likeness (QED) is 0.0174. The van der Waals surface area contributed by atoms with E-state index in [1.54, 1.807) is 9.13 Å². The third-order valence-electron chi connectivity index (χ3n) is 24.4. The highest BCUT2D eigenvalue weighted by Gasteiger charge is 2.33. The SMILES string of the molecule is CCc1c(-c2noc(C)c2C)c2c(Cl)ncnc2n1C.CCc1c(-c2noc(C)c2I)c2c(Cl)ncnc2n1C.Cc1onc(-c2c(CN)n(C)c3ncnc(Cl)c23)c1C.Cc1onc(-c2c(CN=[N+]=[N-])n(C)c3ncnc(Cl)c23)c1C.Cc1onc(-c2c(CO)n(C)c3ncnc(Cl)c23)c1C.Cc1onc(-c2c(CO)n(C)c3ncnc(Cl)c23)c1I.N.O.c1ccc(P(c2ccccc2)c2ccccc2)cc1. The Kier molecular flexibility index (Phi) is 34.9. The van der Waals surface area contributed by atoms with E-state index in [2.05, 4.69) is 251 Å². The Labute approximate surface area is 876 Å². The maximum absolute atomic E-state index is 9.68. The number of aryl methyl sites for hydroxylation is 12. The Morgan fingerprint density at radius 1 is 0.343 bits per heavy atom. The van der Waals surface area contributed by atoms with Gasteiger partial charge in [0, 0.05) is 132 Å². The molecule has 38 nitrogen and oxygen atoms in total. The van der Waals surface area contributed by atoms with Crippen LogP contribution >= 0.6 is 123 Å². The summed E-state index contributed by atoms with van der Waals surface area (Å²) in [5, 5.41) is 58.7. The second-order valence-corrected chi connectivity index (χ2v) is 38.6. The largest absolute Gasteiger partial charge is 0.412 e. The van der Waals surface area contributed by atoms with Crippen LogP contribution in [0.3, 0.4) is 0 Å². The van der Waals surface area contributed by atoms with Crippen molar-refractivity contribution in [3.63, 3.8) is 0 Å². The molecule has 21 rings (SSSR count). The summed E-state index contributed by atoms with van der Waals surface area (Å²) in [6.45, 7) is 23.4. The van der Waals surface area contributed by atoms with Crippen molar-refractivity contribution in [3.8, 4) is 67.5 Å². The van der Waals surface area contributed by atoms with Crippen molar-refractivity contribution in [1.29, 1.82) is 0 Å². The van der Waals surface area contributed by atoms with Crippen molar-refractivity contribution in [3.05, 3.63) is 268 Å². The standard InChI is InChI=1S/C18H15P.C14H15ClN4O.C13H12ClIN4O.C13H12ClN7O.C13H14ClN5O.C13H13ClN4O2.C12H10ClIN4O2.H3N.H2O/c1-4-10-16(11-5-1)19(17-12-6-2-7-13-17)18-14-8-3-9-15-18;1-5-9-10(12-7(2)8(3)20-18-12)11-13(15)16-6-17-14(11)19(9)4;1-4-7-8(11-10(15)6(2)20-18-11)9-12(14)16-5-17-13(9)19(7)3;1-6-7(2)22-19-11(6)9-8(4-18-20-15)21(3)13-10(9)12(14)16-5-17-13;1-6-7(2)20-18-11(6)9-8(4-15)19(3)13-10(9)12(14)16-5-17-13;1-6-7(2)20-17-11(6)9-8(4-19)18(3)13-10(9)12(14)15-5-16-13;1-5-9(14)10(17-20-5)7-6(3-19)18(2)12-8(7)11(13)15-4-16-12;;/h1-15H;6H,5H2,1-4H3;5H,4H2,1-3H3;5H,4H2,1-3H3;5H,4,15H2,1-3H3;5,19H,4H2,1-3H3;4,19H,3H2,1-2H3;1H3;1H2. The van der Waals surface area contributed by atoms with Crippen molar-refractivity contribution in [2.45, 2.75) is 122 Å². The molecule has 0 aliphatic rings. The highest BCUT2D eigenvalue weighted by molar-refractivity contribution is 14.1. The highest BCUT2D eigenvalue weighted by atomic mass is 127. The maximum Gasteiger partial charge on any atom is 0.147 e.